The van der Waals surface area contributed by atoms with Gasteiger partial charge < -0.3 is 9.88 Å². The predicted octanol–water partition coefficient (Wildman–Crippen LogP) is 4.87. The Morgan fingerprint density at radius 2 is 1.93 bits per heavy atom. The van der Waals surface area contributed by atoms with E-state index in [2.05, 4.69) is 22.5 Å². The van der Waals surface area contributed by atoms with Crippen LogP contribution in [0, 0.1) is 0 Å². The van der Waals surface area contributed by atoms with Crippen molar-refractivity contribution in [3.05, 3.63) is 60.3 Å². The maximum atomic E-state index is 11.5. The van der Waals surface area contributed by atoms with Crippen LogP contribution in [0.2, 0.25) is 0 Å². The van der Waals surface area contributed by atoms with Crippen LogP contribution in [0.1, 0.15) is 51.5 Å². The van der Waals surface area contributed by atoms with Crippen LogP contribution in [-0.2, 0) is 4.79 Å². The van der Waals surface area contributed by atoms with Crippen molar-refractivity contribution in [2.24, 2.45) is 0 Å². The third-order valence-corrected chi connectivity index (χ3v) is 5.23. The average molecular weight is 380 g/mol. The van der Waals surface area contributed by atoms with Gasteiger partial charge in [-0.1, -0.05) is 50.5 Å². The van der Waals surface area contributed by atoms with Crippen LogP contribution >= 0.6 is 0 Å². The summed E-state index contributed by atoms with van der Waals surface area (Å²) in [5.74, 6) is 0.252. The molecular formula is C22H28N4O2. The summed E-state index contributed by atoms with van der Waals surface area (Å²) in [6.45, 7) is 5.49. The van der Waals surface area contributed by atoms with Gasteiger partial charge >= 0.3 is 0 Å². The molecule has 1 fully saturated rings. The van der Waals surface area contributed by atoms with Gasteiger partial charge in [-0.2, -0.15) is 0 Å². The quantitative estimate of drug-likeness (QED) is 0.220. The molecule has 0 saturated heterocycles. The van der Waals surface area contributed by atoms with Crippen LogP contribution in [0.3, 0.4) is 0 Å². The van der Waals surface area contributed by atoms with E-state index in [0.29, 0.717) is 11.6 Å². The van der Waals surface area contributed by atoms with Crippen molar-refractivity contribution in [3.63, 3.8) is 0 Å². The standard InChI is InChI=1S/C22H28N4O2/c1-3-17(15-14-16(2)21(27)25-28)23-22-24-19-12-8-9-13-20(19)26(22)18-10-6-4-5-7-11-18/h3,8-9,12-15,18,28H,1,4-7,10-11H2,2H3,(H,23,24)(H,25,27)/b16-14+,17-15+. The Labute approximate surface area is 165 Å². The molecule has 0 radical (unpaired) electrons. The minimum atomic E-state index is -0.537. The van der Waals surface area contributed by atoms with Gasteiger partial charge in [0.1, 0.15) is 0 Å². The predicted molar refractivity (Wildman–Crippen MR) is 112 cm³/mol. The highest BCUT2D eigenvalue weighted by molar-refractivity contribution is 5.92. The molecule has 0 unspecified atom stereocenters. The largest absolute Gasteiger partial charge is 0.326 e. The highest BCUT2D eigenvalue weighted by Crippen LogP contribution is 2.33. The van der Waals surface area contributed by atoms with Crippen molar-refractivity contribution < 1.29 is 10.0 Å². The first-order chi connectivity index (χ1) is 13.6. The first-order valence-electron chi connectivity index (χ1n) is 9.83. The number of anilines is 1. The second kappa shape index (κ2) is 9.37. The van der Waals surface area contributed by atoms with Crippen LogP contribution in [0.25, 0.3) is 11.0 Å². The van der Waals surface area contributed by atoms with E-state index in [-0.39, 0.29) is 0 Å². The van der Waals surface area contributed by atoms with Crippen molar-refractivity contribution in [2.75, 3.05) is 5.32 Å². The van der Waals surface area contributed by atoms with E-state index in [1.165, 1.54) is 25.7 Å². The number of rotatable bonds is 6. The number of nitrogens with one attached hydrogen (secondary N) is 2. The number of carbonyl (C=O) groups excluding carboxylic acids is 1. The lowest BCUT2D eigenvalue weighted by Gasteiger charge is -2.20. The average Bonchev–Trinajstić information content (AvgIpc) is 2.88. The molecule has 148 valence electrons. The molecule has 1 aromatic carbocycles. The van der Waals surface area contributed by atoms with Gasteiger partial charge in [-0.25, -0.2) is 10.5 Å². The van der Waals surface area contributed by atoms with E-state index >= 15 is 0 Å². The van der Waals surface area contributed by atoms with Crippen LogP contribution in [0.4, 0.5) is 5.95 Å². The first-order valence-corrected chi connectivity index (χ1v) is 9.83. The number of benzene rings is 1. The van der Waals surface area contributed by atoms with Gasteiger partial charge in [0.25, 0.3) is 5.91 Å². The summed E-state index contributed by atoms with van der Waals surface area (Å²) in [5, 5.41) is 12.1. The Hall–Kier alpha value is -2.86. The van der Waals surface area contributed by atoms with E-state index in [9.17, 15) is 4.79 Å². The zero-order valence-corrected chi connectivity index (χ0v) is 16.3. The Kier molecular flexibility index (Phi) is 6.66. The number of hydrogen-bond acceptors (Lipinski definition) is 4. The van der Waals surface area contributed by atoms with Gasteiger partial charge in [-0.3, -0.25) is 10.0 Å². The lowest BCUT2D eigenvalue weighted by molar-refractivity contribution is -0.125. The maximum absolute atomic E-state index is 11.5. The zero-order chi connectivity index (χ0) is 19.9. The van der Waals surface area contributed by atoms with Gasteiger partial charge in [0.2, 0.25) is 5.95 Å². The van der Waals surface area contributed by atoms with E-state index in [1.54, 1.807) is 30.6 Å². The van der Waals surface area contributed by atoms with Crippen LogP contribution in [0.15, 0.2) is 60.3 Å². The Morgan fingerprint density at radius 1 is 1.21 bits per heavy atom. The van der Waals surface area contributed by atoms with Crippen LogP contribution < -0.4 is 10.8 Å². The summed E-state index contributed by atoms with van der Waals surface area (Å²) >= 11 is 0. The van der Waals surface area contributed by atoms with E-state index < -0.39 is 5.91 Å². The Bertz CT molecular complexity index is 902. The molecule has 1 aliphatic rings. The number of fused-ring (bicyclic) bond motifs is 1. The number of para-hydroxylation sites is 2. The Morgan fingerprint density at radius 3 is 2.61 bits per heavy atom. The molecule has 1 aliphatic carbocycles. The van der Waals surface area contributed by atoms with Crippen LogP contribution in [-0.4, -0.2) is 20.7 Å². The van der Waals surface area contributed by atoms with Crippen molar-refractivity contribution in [2.45, 2.75) is 51.5 Å². The smallest absolute Gasteiger partial charge is 0.270 e. The van der Waals surface area contributed by atoms with E-state index in [4.69, 9.17) is 10.2 Å². The molecule has 6 heteroatoms. The summed E-state index contributed by atoms with van der Waals surface area (Å²) in [5.41, 5.74) is 4.85. The monoisotopic (exact) mass is 380 g/mol. The molecule has 6 nitrogen and oxygen atoms in total. The van der Waals surface area contributed by atoms with Crippen molar-refractivity contribution in [1.29, 1.82) is 0 Å². The van der Waals surface area contributed by atoms with Crippen LogP contribution in [0.5, 0.6) is 0 Å². The topological polar surface area (TPSA) is 79.2 Å². The summed E-state index contributed by atoms with van der Waals surface area (Å²) in [4.78, 5) is 16.3. The van der Waals surface area contributed by atoms with Gasteiger partial charge in [0.15, 0.2) is 0 Å². The molecule has 3 N–H and O–H groups in total. The zero-order valence-electron chi connectivity index (χ0n) is 16.3. The minimum Gasteiger partial charge on any atom is -0.326 e. The maximum Gasteiger partial charge on any atom is 0.270 e. The molecule has 1 aromatic heterocycles. The first kappa shape index (κ1) is 19.9. The molecule has 0 atom stereocenters. The molecule has 3 rings (SSSR count). The number of nitrogens with zero attached hydrogens (tertiary/aromatic N) is 2. The van der Waals surface area contributed by atoms with Gasteiger partial charge in [0.05, 0.1) is 11.0 Å². The van der Waals surface area contributed by atoms with Gasteiger partial charge in [-0.05, 0) is 44.1 Å². The number of carbonyl (C=O) groups is 1. The van der Waals surface area contributed by atoms with E-state index in [1.807, 2.05) is 18.2 Å². The number of imidazole rings is 1. The fourth-order valence-corrected chi connectivity index (χ4v) is 3.69. The number of aromatic nitrogens is 2. The molecule has 0 bridgehead atoms. The number of allylic oxidation sites excluding steroid dienone is 3. The van der Waals surface area contributed by atoms with Gasteiger partial charge in [-0.15, -0.1) is 0 Å². The molecule has 0 aliphatic heterocycles. The molecule has 0 spiro atoms. The molecule has 28 heavy (non-hydrogen) atoms. The number of hydroxylamine groups is 1. The molecule has 2 aromatic rings. The molecule has 1 heterocycles. The molecule has 1 saturated carbocycles. The fraction of sp³-hybridized carbons (Fsp3) is 0.364. The summed E-state index contributed by atoms with van der Waals surface area (Å²) in [6.07, 6.45) is 12.4. The third kappa shape index (κ3) is 4.51. The lowest BCUT2D eigenvalue weighted by Crippen LogP contribution is -2.19. The third-order valence-electron chi connectivity index (χ3n) is 5.23. The summed E-state index contributed by atoms with van der Waals surface area (Å²) in [7, 11) is 0. The normalized spacial score (nSPS) is 16.6. The minimum absolute atomic E-state index is 0.390. The molecular weight excluding hydrogens is 352 g/mol. The number of hydrogen-bond donors (Lipinski definition) is 3. The summed E-state index contributed by atoms with van der Waals surface area (Å²) < 4.78 is 2.31. The van der Waals surface area contributed by atoms with Crippen molar-refractivity contribution in [1.82, 2.24) is 15.0 Å². The lowest BCUT2D eigenvalue weighted by atomic mass is 10.1. The van der Waals surface area contributed by atoms with Crippen molar-refractivity contribution >= 4 is 22.9 Å². The highest BCUT2D eigenvalue weighted by atomic mass is 16.5. The van der Waals surface area contributed by atoms with Gasteiger partial charge in [0, 0.05) is 17.3 Å². The van der Waals surface area contributed by atoms with Crippen molar-refractivity contribution in [3.8, 4) is 0 Å². The second-order valence-electron chi connectivity index (χ2n) is 7.18. The summed E-state index contributed by atoms with van der Waals surface area (Å²) in [6, 6.07) is 8.61. The molecule has 1 amide bonds. The Balaban J connectivity index is 1.96. The van der Waals surface area contributed by atoms with E-state index in [0.717, 1.165) is 35.5 Å². The highest BCUT2D eigenvalue weighted by Gasteiger charge is 2.20. The number of amides is 1. The SMILES string of the molecule is C=C/C(=C\C=C(/C)C(=O)NO)Nc1nc2ccccc2n1C1CCCCCC1. The fourth-order valence-electron chi connectivity index (χ4n) is 3.69. The second-order valence-corrected chi connectivity index (χ2v) is 7.18.